The molecule has 0 spiro atoms. The van der Waals surface area contributed by atoms with Gasteiger partial charge in [-0.1, -0.05) is 19.4 Å². The summed E-state index contributed by atoms with van der Waals surface area (Å²) in [5.74, 6) is 0.179. The normalized spacial score (nSPS) is 17.1. The number of Topliss-reactive ketones (excluding diaryl/α,β-unsaturated/α-hetero) is 1. The summed E-state index contributed by atoms with van der Waals surface area (Å²) in [6.45, 7) is 5.85. The maximum atomic E-state index is 13.2. The van der Waals surface area contributed by atoms with Crippen molar-refractivity contribution in [3.63, 3.8) is 0 Å². The maximum absolute atomic E-state index is 13.2. The van der Waals surface area contributed by atoms with Crippen molar-refractivity contribution < 1.29 is 28.9 Å². The van der Waals surface area contributed by atoms with Crippen LogP contribution in [0.25, 0.3) is 5.76 Å². The van der Waals surface area contributed by atoms with E-state index in [1.807, 2.05) is 32.0 Å². The molecule has 8 heteroatoms. The first-order valence-corrected chi connectivity index (χ1v) is 12.3. The summed E-state index contributed by atoms with van der Waals surface area (Å²) in [5.41, 5.74) is 1.14. The van der Waals surface area contributed by atoms with Crippen molar-refractivity contribution >= 4 is 17.4 Å². The molecule has 1 unspecified atom stereocenters. The van der Waals surface area contributed by atoms with E-state index in [1.165, 1.54) is 4.90 Å². The quantitative estimate of drug-likeness (QED) is 0.203. The Balaban J connectivity index is 2.11. The van der Waals surface area contributed by atoms with Crippen LogP contribution in [0.4, 0.5) is 0 Å². The van der Waals surface area contributed by atoms with Gasteiger partial charge < -0.3 is 29.1 Å². The fourth-order valence-electron chi connectivity index (χ4n) is 4.08. The molecule has 3 rings (SSSR count). The molecular weight excluding hydrogens is 460 g/mol. The first-order chi connectivity index (χ1) is 17.3. The van der Waals surface area contributed by atoms with E-state index in [-0.39, 0.29) is 11.3 Å². The number of benzene rings is 2. The Kier molecular flexibility index (Phi) is 9.36. The van der Waals surface area contributed by atoms with Crippen molar-refractivity contribution in [2.75, 3.05) is 47.5 Å². The number of aliphatic hydroxyl groups excluding tert-OH is 1. The summed E-state index contributed by atoms with van der Waals surface area (Å²) in [7, 11) is 5.36. The number of likely N-dealkylation sites (tertiary alicyclic amines) is 1. The Morgan fingerprint density at radius 1 is 1.03 bits per heavy atom. The van der Waals surface area contributed by atoms with Gasteiger partial charge in [0.15, 0.2) is 11.5 Å². The number of methoxy groups -OCH3 is 1. The minimum absolute atomic E-state index is 0.0472. The van der Waals surface area contributed by atoms with Crippen LogP contribution in [0, 0.1) is 0 Å². The number of likely N-dealkylation sites (N-methyl/N-ethyl adjacent to an activating group) is 1. The van der Waals surface area contributed by atoms with Crippen LogP contribution < -0.4 is 14.2 Å². The van der Waals surface area contributed by atoms with E-state index >= 15 is 0 Å². The molecule has 2 aromatic rings. The topological polar surface area (TPSA) is 88.5 Å². The number of unbranched alkanes of at least 4 members (excludes halogenated alkanes) is 1. The number of ether oxygens (including phenoxy) is 3. The first kappa shape index (κ1) is 27.1. The molecule has 2 aromatic carbocycles. The Bertz CT molecular complexity index is 1090. The van der Waals surface area contributed by atoms with Crippen LogP contribution in [0.2, 0.25) is 0 Å². The molecule has 36 heavy (non-hydrogen) atoms. The molecule has 1 fully saturated rings. The van der Waals surface area contributed by atoms with E-state index in [4.69, 9.17) is 14.2 Å². The number of ketones is 1. The van der Waals surface area contributed by atoms with Crippen molar-refractivity contribution in [3.8, 4) is 17.2 Å². The van der Waals surface area contributed by atoms with Crippen molar-refractivity contribution in [1.82, 2.24) is 9.80 Å². The van der Waals surface area contributed by atoms with E-state index in [1.54, 1.807) is 43.5 Å². The number of hydrogen-bond acceptors (Lipinski definition) is 7. The lowest BCUT2D eigenvalue weighted by molar-refractivity contribution is -0.140. The van der Waals surface area contributed by atoms with Gasteiger partial charge in [0.05, 0.1) is 31.9 Å². The number of rotatable bonds is 12. The third kappa shape index (κ3) is 5.99. The molecule has 1 aliphatic heterocycles. The van der Waals surface area contributed by atoms with Gasteiger partial charge in [-0.3, -0.25) is 9.59 Å². The van der Waals surface area contributed by atoms with E-state index in [2.05, 4.69) is 6.92 Å². The minimum Gasteiger partial charge on any atom is -0.507 e. The number of carbonyl (C=O) groups is 2. The van der Waals surface area contributed by atoms with Crippen LogP contribution in [0.1, 0.15) is 43.9 Å². The number of nitrogens with zero attached hydrogens (tertiary/aromatic N) is 2. The highest BCUT2D eigenvalue weighted by Gasteiger charge is 2.46. The maximum Gasteiger partial charge on any atom is 0.295 e. The molecule has 0 aromatic heterocycles. The van der Waals surface area contributed by atoms with Crippen LogP contribution in [0.15, 0.2) is 48.0 Å². The van der Waals surface area contributed by atoms with Gasteiger partial charge in [0.2, 0.25) is 0 Å². The van der Waals surface area contributed by atoms with Crippen molar-refractivity contribution in [2.45, 2.75) is 32.7 Å². The largest absolute Gasteiger partial charge is 0.507 e. The summed E-state index contributed by atoms with van der Waals surface area (Å²) >= 11 is 0. The monoisotopic (exact) mass is 496 g/mol. The lowest BCUT2D eigenvalue weighted by Gasteiger charge is -2.27. The van der Waals surface area contributed by atoms with Gasteiger partial charge in [0, 0.05) is 18.7 Å². The summed E-state index contributed by atoms with van der Waals surface area (Å²) in [4.78, 5) is 29.8. The Morgan fingerprint density at radius 3 is 2.36 bits per heavy atom. The second kappa shape index (κ2) is 12.4. The number of amides is 1. The molecule has 0 saturated carbocycles. The van der Waals surface area contributed by atoms with Crippen LogP contribution in [0.5, 0.6) is 17.2 Å². The van der Waals surface area contributed by atoms with E-state index in [0.717, 1.165) is 12.8 Å². The zero-order valence-electron chi connectivity index (χ0n) is 21.7. The van der Waals surface area contributed by atoms with Gasteiger partial charge in [0.1, 0.15) is 11.5 Å². The molecule has 0 radical (unpaired) electrons. The predicted molar refractivity (Wildman–Crippen MR) is 139 cm³/mol. The molecule has 194 valence electrons. The summed E-state index contributed by atoms with van der Waals surface area (Å²) in [6, 6.07) is 11.4. The van der Waals surface area contributed by atoms with Gasteiger partial charge in [-0.25, -0.2) is 0 Å². The average molecular weight is 497 g/mol. The molecule has 1 N–H and O–H groups in total. The SMILES string of the molecule is CCCCOc1ccc(C2C(=C(O)c3ccc(OC)cc3)C(=O)C(=O)N2CCN(C)C)cc1OCC. The van der Waals surface area contributed by atoms with E-state index < -0.39 is 17.7 Å². The Hall–Kier alpha value is -3.52. The molecule has 1 atom stereocenters. The summed E-state index contributed by atoms with van der Waals surface area (Å²) < 4.78 is 17.0. The van der Waals surface area contributed by atoms with Gasteiger partial charge >= 0.3 is 0 Å². The molecule has 8 nitrogen and oxygen atoms in total. The van der Waals surface area contributed by atoms with Crippen molar-refractivity contribution in [3.05, 3.63) is 59.2 Å². The third-order valence-corrected chi connectivity index (χ3v) is 6.03. The van der Waals surface area contributed by atoms with Crippen LogP contribution in [-0.4, -0.2) is 74.1 Å². The number of aliphatic hydroxyl groups is 1. The lowest BCUT2D eigenvalue weighted by atomic mass is 9.95. The molecular formula is C28H36N2O6. The number of hydrogen-bond donors (Lipinski definition) is 1. The Labute approximate surface area is 213 Å². The predicted octanol–water partition coefficient (Wildman–Crippen LogP) is 4.26. The third-order valence-electron chi connectivity index (χ3n) is 6.03. The molecule has 0 bridgehead atoms. The van der Waals surface area contributed by atoms with Gasteiger partial charge in [-0.05, 0) is 69.4 Å². The fourth-order valence-corrected chi connectivity index (χ4v) is 4.08. The lowest BCUT2D eigenvalue weighted by Crippen LogP contribution is -2.35. The van der Waals surface area contributed by atoms with E-state index in [0.29, 0.717) is 54.7 Å². The van der Waals surface area contributed by atoms with Crippen LogP contribution >= 0.6 is 0 Å². The van der Waals surface area contributed by atoms with Gasteiger partial charge in [0.25, 0.3) is 11.7 Å². The molecule has 1 heterocycles. The van der Waals surface area contributed by atoms with Crippen molar-refractivity contribution in [2.24, 2.45) is 0 Å². The van der Waals surface area contributed by atoms with Gasteiger partial charge in [-0.15, -0.1) is 0 Å². The molecule has 1 saturated heterocycles. The second-order valence-corrected chi connectivity index (χ2v) is 8.87. The highest BCUT2D eigenvalue weighted by molar-refractivity contribution is 6.46. The zero-order chi connectivity index (χ0) is 26.2. The minimum atomic E-state index is -0.768. The second-order valence-electron chi connectivity index (χ2n) is 8.87. The average Bonchev–Trinajstić information content (AvgIpc) is 3.13. The van der Waals surface area contributed by atoms with E-state index in [9.17, 15) is 14.7 Å². The Morgan fingerprint density at radius 2 is 1.75 bits per heavy atom. The smallest absolute Gasteiger partial charge is 0.295 e. The fraction of sp³-hybridized carbons (Fsp3) is 0.429. The van der Waals surface area contributed by atoms with Crippen molar-refractivity contribution in [1.29, 1.82) is 0 Å². The molecule has 1 aliphatic rings. The summed E-state index contributed by atoms with van der Waals surface area (Å²) in [5, 5.41) is 11.2. The number of carbonyl (C=O) groups excluding carboxylic acids is 2. The highest BCUT2D eigenvalue weighted by atomic mass is 16.5. The zero-order valence-corrected chi connectivity index (χ0v) is 21.7. The van der Waals surface area contributed by atoms with Crippen LogP contribution in [-0.2, 0) is 9.59 Å². The van der Waals surface area contributed by atoms with Gasteiger partial charge in [-0.2, -0.15) is 0 Å². The first-order valence-electron chi connectivity index (χ1n) is 12.3. The highest BCUT2D eigenvalue weighted by Crippen LogP contribution is 2.42. The molecule has 0 aliphatic carbocycles. The van der Waals surface area contributed by atoms with Crippen LogP contribution in [0.3, 0.4) is 0 Å². The standard InChI is InChI=1S/C28H36N2O6/c1-6-8-17-36-22-14-11-20(18-23(22)35-7-2)25-24(26(31)19-9-12-21(34-5)13-10-19)27(32)28(33)30(25)16-15-29(3)4/h9-14,18,25,31H,6-8,15-17H2,1-5H3. The molecule has 1 amide bonds. The summed E-state index contributed by atoms with van der Waals surface area (Å²) in [6.07, 6.45) is 1.92.